The number of amides is 1. The second-order valence-corrected chi connectivity index (χ2v) is 5.89. The average molecular weight is 347 g/mol. The normalized spacial score (nSPS) is 13.7. The molecule has 108 valence electrons. The molecule has 21 heavy (non-hydrogen) atoms. The number of aromatic nitrogens is 1. The molecule has 0 atom stereocenters. The maximum atomic E-state index is 12.1. The van der Waals surface area contributed by atoms with E-state index in [-0.39, 0.29) is 6.09 Å². The fourth-order valence-corrected chi connectivity index (χ4v) is 2.74. The summed E-state index contributed by atoms with van der Waals surface area (Å²) in [7, 11) is 0. The van der Waals surface area contributed by atoms with E-state index in [1.54, 1.807) is 11.1 Å². The molecule has 0 N–H and O–H groups in total. The Morgan fingerprint density at radius 2 is 2.14 bits per heavy atom. The van der Waals surface area contributed by atoms with Crippen molar-refractivity contribution in [1.29, 1.82) is 0 Å². The third kappa shape index (κ3) is 3.42. The molecule has 4 nitrogen and oxygen atoms in total. The third-order valence-electron chi connectivity index (χ3n) is 3.47. The van der Waals surface area contributed by atoms with Gasteiger partial charge in [0.2, 0.25) is 0 Å². The number of rotatable bonds is 2. The van der Waals surface area contributed by atoms with Crippen LogP contribution in [0.25, 0.3) is 0 Å². The summed E-state index contributed by atoms with van der Waals surface area (Å²) in [5.74, 6) is 0. The predicted octanol–water partition coefficient (Wildman–Crippen LogP) is 3.54. The molecule has 0 bridgehead atoms. The van der Waals surface area contributed by atoms with Gasteiger partial charge in [-0.15, -0.1) is 0 Å². The van der Waals surface area contributed by atoms with Crippen molar-refractivity contribution in [3.05, 3.63) is 63.9 Å². The minimum absolute atomic E-state index is 0.274. The summed E-state index contributed by atoms with van der Waals surface area (Å²) in [6.07, 6.45) is 2.29. The Balaban J connectivity index is 1.61. The number of hydrogen-bond donors (Lipinski definition) is 0. The Morgan fingerprint density at radius 3 is 2.95 bits per heavy atom. The maximum absolute atomic E-state index is 12.1. The van der Waals surface area contributed by atoms with Gasteiger partial charge in [0.1, 0.15) is 6.61 Å². The quantitative estimate of drug-likeness (QED) is 0.835. The number of pyridine rings is 1. The molecular weight excluding hydrogens is 332 g/mol. The van der Waals surface area contributed by atoms with Crippen molar-refractivity contribution in [1.82, 2.24) is 9.88 Å². The Kier molecular flexibility index (Phi) is 4.20. The van der Waals surface area contributed by atoms with E-state index in [1.807, 2.05) is 36.4 Å². The van der Waals surface area contributed by atoms with Gasteiger partial charge in [0.15, 0.2) is 0 Å². The Labute approximate surface area is 131 Å². The van der Waals surface area contributed by atoms with Crippen LogP contribution < -0.4 is 0 Å². The van der Waals surface area contributed by atoms with Crippen molar-refractivity contribution in [3.63, 3.8) is 0 Å². The van der Waals surface area contributed by atoms with Crippen LogP contribution in [0, 0.1) is 0 Å². The van der Waals surface area contributed by atoms with E-state index in [4.69, 9.17) is 4.74 Å². The van der Waals surface area contributed by atoms with Crippen molar-refractivity contribution >= 4 is 22.0 Å². The highest BCUT2D eigenvalue weighted by atomic mass is 79.9. The molecule has 0 spiro atoms. The lowest BCUT2D eigenvalue weighted by Crippen LogP contribution is -2.36. The van der Waals surface area contributed by atoms with Crippen LogP contribution >= 0.6 is 15.9 Å². The van der Waals surface area contributed by atoms with E-state index >= 15 is 0 Å². The molecule has 1 aliphatic rings. The van der Waals surface area contributed by atoms with E-state index in [0.717, 1.165) is 27.7 Å². The van der Waals surface area contributed by atoms with Gasteiger partial charge in [-0.3, -0.25) is 4.98 Å². The minimum atomic E-state index is -0.274. The Morgan fingerprint density at radius 1 is 1.33 bits per heavy atom. The first kappa shape index (κ1) is 14.1. The highest BCUT2D eigenvalue weighted by Gasteiger charge is 2.22. The van der Waals surface area contributed by atoms with Crippen LogP contribution in [0.15, 0.2) is 47.1 Å². The molecule has 1 aliphatic heterocycles. The van der Waals surface area contributed by atoms with Gasteiger partial charge in [-0.25, -0.2) is 4.79 Å². The summed E-state index contributed by atoms with van der Waals surface area (Å²) < 4.78 is 6.30. The molecular formula is C16H15BrN2O2. The van der Waals surface area contributed by atoms with Gasteiger partial charge < -0.3 is 9.64 Å². The molecule has 3 rings (SSSR count). The van der Waals surface area contributed by atoms with E-state index in [2.05, 4.69) is 20.9 Å². The van der Waals surface area contributed by atoms with Gasteiger partial charge in [-0.1, -0.05) is 30.3 Å². The molecule has 0 saturated carbocycles. The lowest BCUT2D eigenvalue weighted by molar-refractivity contribution is 0.0916. The second-order valence-electron chi connectivity index (χ2n) is 4.97. The van der Waals surface area contributed by atoms with Crippen molar-refractivity contribution in [2.75, 3.05) is 6.54 Å². The Hall–Kier alpha value is -1.88. The molecule has 0 saturated heterocycles. The molecule has 0 aliphatic carbocycles. The molecule has 1 aromatic heterocycles. The molecule has 0 fully saturated rings. The standard InChI is InChI=1S/C16H15BrN2O2/c17-14-8-13-10-19(7-6-15(13)18-9-14)16(20)21-11-12-4-2-1-3-5-12/h1-5,8-9H,6-7,10-11H2. The molecule has 0 radical (unpaired) electrons. The van der Waals surface area contributed by atoms with Crippen molar-refractivity contribution < 1.29 is 9.53 Å². The zero-order valence-electron chi connectivity index (χ0n) is 11.5. The van der Waals surface area contributed by atoms with Crippen LogP contribution in [0.2, 0.25) is 0 Å². The number of carbonyl (C=O) groups excluding carboxylic acids is 1. The van der Waals surface area contributed by atoms with Crippen LogP contribution in [0.4, 0.5) is 4.79 Å². The van der Waals surface area contributed by atoms with Gasteiger partial charge in [-0.2, -0.15) is 0 Å². The summed E-state index contributed by atoms with van der Waals surface area (Å²) >= 11 is 3.41. The SMILES string of the molecule is O=C(OCc1ccccc1)N1CCc2ncc(Br)cc2C1. The average Bonchev–Trinajstić information content (AvgIpc) is 2.53. The number of hydrogen-bond acceptors (Lipinski definition) is 3. The zero-order valence-corrected chi connectivity index (χ0v) is 13.0. The van der Waals surface area contributed by atoms with Crippen molar-refractivity contribution in [2.45, 2.75) is 19.6 Å². The molecule has 0 unspecified atom stereocenters. The summed E-state index contributed by atoms with van der Waals surface area (Å²) in [5, 5.41) is 0. The number of halogens is 1. The van der Waals surface area contributed by atoms with Gasteiger partial charge in [0.25, 0.3) is 0 Å². The molecule has 2 heterocycles. The van der Waals surface area contributed by atoms with Gasteiger partial charge in [0.05, 0.1) is 6.54 Å². The summed E-state index contributed by atoms with van der Waals surface area (Å²) in [6.45, 7) is 1.50. The molecule has 5 heteroatoms. The van der Waals surface area contributed by atoms with Crippen LogP contribution in [0.1, 0.15) is 16.8 Å². The second kappa shape index (κ2) is 6.26. The number of fused-ring (bicyclic) bond motifs is 1. The number of ether oxygens (including phenoxy) is 1. The third-order valence-corrected chi connectivity index (χ3v) is 3.90. The van der Waals surface area contributed by atoms with Crippen LogP contribution in [-0.4, -0.2) is 22.5 Å². The monoisotopic (exact) mass is 346 g/mol. The first-order valence-corrected chi connectivity index (χ1v) is 7.60. The van der Waals surface area contributed by atoms with E-state index in [1.165, 1.54) is 0 Å². The topological polar surface area (TPSA) is 42.4 Å². The number of carbonyl (C=O) groups is 1. The lowest BCUT2D eigenvalue weighted by atomic mass is 10.1. The van der Waals surface area contributed by atoms with Gasteiger partial charge in [0, 0.05) is 29.3 Å². The number of nitrogens with zero attached hydrogens (tertiary/aromatic N) is 2. The first-order valence-electron chi connectivity index (χ1n) is 6.81. The summed E-state index contributed by atoms with van der Waals surface area (Å²) in [6, 6.07) is 11.7. The van der Waals surface area contributed by atoms with E-state index in [0.29, 0.717) is 19.7 Å². The van der Waals surface area contributed by atoms with Gasteiger partial charge in [-0.05, 0) is 33.1 Å². The van der Waals surface area contributed by atoms with Crippen LogP contribution in [-0.2, 0) is 24.3 Å². The van der Waals surface area contributed by atoms with Crippen molar-refractivity contribution in [2.24, 2.45) is 0 Å². The number of benzene rings is 1. The minimum Gasteiger partial charge on any atom is -0.445 e. The smallest absolute Gasteiger partial charge is 0.410 e. The van der Waals surface area contributed by atoms with E-state index in [9.17, 15) is 4.79 Å². The molecule has 1 amide bonds. The fraction of sp³-hybridized carbons (Fsp3) is 0.250. The first-order chi connectivity index (χ1) is 10.2. The van der Waals surface area contributed by atoms with Crippen LogP contribution in [0.5, 0.6) is 0 Å². The lowest BCUT2D eigenvalue weighted by Gasteiger charge is -2.27. The molecule has 1 aromatic carbocycles. The predicted molar refractivity (Wildman–Crippen MR) is 82.7 cm³/mol. The van der Waals surface area contributed by atoms with Crippen LogP contribution in [0.3, 0.4) is 0 Å². The summed E-state index contributed by atoms with van der Waals surface area (Å²) in [4.78, 5) is 18.2. The largest absolute Gasteiger partial charge is 0.445 e. The highest BCUT2D eigenvalue weighted by molar-refractivity contribution is 9.10. The summed E-state index contributed by atoms with van der Waals surface area (Å²) in [5.41, 5.74) is 3.13. The van der Waals surface area contributed by atoms with Gasteiger partial charge >= 0.3 is 6.09 Å². The zero-order chi connectivity index (χ0) is 14.7. The van der Waals surface area contributed by atoms with Crippen molar-refractivity contribution in [3.8, 4) is 0 Å². The Bertz CT molecular complexity index is 646. The van der Waals surface area contributed by atoms with E-state index < -0.39 is 0 Å². The fourth-order valence-electron chi connectivity index (χ4n) is 2.36. The molecule has 2 aromatic rings. The highest BCUT2D eigenvalue weighted by Crippen LogP contribution is 2.21. The maximum Gasteiger partial charge on any atom is 0.410 e.